The van der Waals surface area contributed by atoms with Gasteiger partial charge in [0.05, 0.1) is 19.3 Å². The van der Waals surface area contributed by atoms with Crippen LogP contribution in [0.4, 0.5) is 0 Å². The van der Waals surface area contributed by atoms with Gasteiger partial charge in [-0.25, -0.2) is 0 Å². The molecular weight excluding hydrogens is 310 g/mol. The number of aromatic nitrogens is 3. The minimum Gasteiger partial charge on any atom is -0.395 e. The van der Waals surface area contributed by atoms with Gasteiger partial charge in [0.2, 0.25) is 0 Å². The molecule has 2 saturated heterocycles. The second-order valence-electron chi connectivity index (χ2n) is 6.64. The highest BCUT2D eigenvalue weighted by Gasteiger charge is 2.30. The Hall–Kier alpha value is -1.55. The molecule has 134 valence electrons. The summed E-state index contributed by atoms with van der Waals surface area (Å²) in [5.74, 6) is -0.194. The molecular formula is C15H27N7O2. The molecule has 0 aromatic carbocycles. The first-order valence-corrected chi connectivity index (χ1v) is 8.61. The summed E-state index contributed by atoms with van der Waals surface area (Å²) in [5, 5.41) is 23.6. The van der Waals surface area contributed by atoms with Crippen LogP contribution >= 0.6 is 0 Å². The summed E-state index contributed by atoms with van der Waals surface area (Å²) in [6, 6.07) is 0.163. The Morgan fingerprint density at radius 3 is 2.92 bits per heavy atom. The summed E-state index contributed by atoms with van der Waals surface area (Å²) in [4.78, 5) is 16.7. The molecule has 2 aliphatic rings. The van der Waals surface area contributed by atoms with Gasteiger partial charge in [-0.05, 0) is 13.5 Å². The van der Waals surface area contributed by atoms with Gasteiger partial charge >= 0.3 is 0 Å². The first-order valence-electron chi connectivity index (χ1n) is 8.61. The second kappa shape index (κ2) is 8.02. The number of hydrogen-bond acceptors (Lipinski definition) is 7. The summed E-state index contributed by atoms with van der Waals surface area (Å²) < 4.78 is 1.73. The Balaban J connectivity index is 1.47. The maximum absolute atomic E-state index is 12.3. The number of carbonyl (C=O) groups excluding carboxylic acids is 1. The fourth-order valence-corrected chi connectivity index (χ4v) is 3.35. The summed E-state index contributed by atoms with van der Waals surface area (Å²) in [7, 11) is 1.96. The number of carbonyl (C=O) groups is 1. The van der Waals surface area contributed by atoms with E-state index < -0.39 is 0 Å². The van der Waals surface area contributed by atoms with Crippen LogP contribution in [0.15, 0.2) is 6.20 Å². The van der Waals surface area contributed by atoms with Gasteiger partial charge in [0.1, 0.15) is 0 Å². The zero-order valence-corrected chi connectivity index (χ0v) is 14.2. The highest BCUT2D eigenvalue weighted by molar-refractivity contribution is 5.92. The monoisotopic (exact) mass is 337 g/mol. The average molecular weight is 337 g/mol. The van der Waals surface area contributed by atoms with Crippen molar-refractivity contribution in [1.82, 2.24) is 35.4 Å². The molecule has 0 bridgehead atoms. The predicted octanol–water partition coefficient (Wildman–Crippen LogP) is -2.02. The van der Waals surface area contributed by atoms with Crippen molar-refractivity contribution in [2.45, 2.75) is 25.0 Å². The Bertz CT molecular complexity index is 544. The molecule has 3 N–H and O–H groups in total. The molecule has 3 heterocycles. The average Bonchev–Trinajstić information content (AvgIpc) is 3.20. The number of nitrogens with zero attached hydrogens (tertiary/aromatic N) is 5. The third-order valence-electron chi connectivity index (χ3n) is 4.86. The van der Waals surface area contributed by atoms with Gasteiger partial charge in [0, 0.05) is 51.4 Å². The van der Waals surface area contributed by atoms with E-state index in [4.69, 9.17) is 0 Å². The zero-order chi connectivity index (χ0) is 16.9. The minimum absolute atomic E-state index is 0.0469. The lowest BCUT2D eigenvalue weighted by atomic mass is 10.2. The quantitative estimate of drug-likeness (QED) is 0.551. The smallest absolute Gasteiger partial charge is 0.273 e. The van der Waals surface area contributed by atoms with Gasteiger partial charge in [0.15, 0.2) is 5.69 Å². The van der Waals surface area contributed by atoms with Crippen molar-refractivity contribution in [2.75, 3.05) is 52.9 Å². The first kappa shape index (κ1) is 17.3. The highest BCUT2D eigenvalue weighted by Crippen LogP contribution is 2.15. The summed E-state index contributed by atoms with van der Waals surface area (Å²) >= 11 is 0. The van der Waals surface area contributed by atoms with Gasteiger partial charge in [-0.3, -0.25) is 19.3 Å². The molecule has 0 aliphatic carbocycles. The van der Waals surface area contributed by atoms with Crippen LogP contribution in [0, 0.1) is 0 Å². The van der Waals surface area contributed by atoms with Gasteiger partial charge in [-0.15, -0.1) is 5.10 Å². The molecule has 1 aromatic rings. The van der Waals surface area contributed by atoms with Crippen LogP contribution in [-0.4, -0.2) is 101 Å². The molecule has 2 aliphatic heterocycles. The van der Waals surface area contributed by atoms with E-state index >= 15 is 0 Å². The Labute approximate surface area is 142 Å². The molecule has 3 rings (SSSR count). The van der Waals surface area contributed by atoms with E-state index in [2.05, 4.69) is 30.7 Å². The number of rotatable bonds is 6. The van der Waals surface area contributed by atoms with Gasteiger partial charge in [-0.2, -0.15) is 0 Å². The number of piperazine rings is 1. The van der Waals surface area contributed by atoms with Gasteiger partial charge < -0.3 is 15.7 Å². The number of aliphatic hydroxyl groups excluding tert-OH is 1. The maximum atomic E-state index is 12.3. The molecule has 0 unspecified atom stereocenters. The topological polar surface area (TPSA) is 98.6 Å². The molecule has 9 nitrogen and oxygen atoms in total. The van der Waals surface area contributed by atoms with Crippen molar-refractivity contribution in [3.05, 3.63) is 11.9 Å². The van der Waals surface area contributed by atoms with Crippen LogP contribution in [-0.2, 0) is 6.54 Å². The lowest BCUT2D eigenvalue weighted by Gasteiger charge is -2.26. The highest BCUT2D eigenvalue weighted by atomic mass is 16.3. The Morgan fingerprint density at radius 1 is 1.42 bits per heavy atom. The van der Waals surface area contributed by atoms with E-state index in [9.17, 15) is 9.90 Å². The lowest BCUT2D eigenvalue weighted by Crippen LogP contribution is -2.44. The molecule has 1 aromatic heterocycles. The predicted molar refractivity (Wildman–Crippen MR) is 88.7 cm³/mol. The van der Waals surface area contributed by atoms with Crippen LogP contribution in [0.25, 0.3) is 0 Å². The van der Waals surface area contributed by atoms with E-state index in [0.717, 1.165) is 52.2 Å². The first-order chi connectivity index (χ1) is 11.7. The van der Waals surface area contributed by atoms with Crippen LogP contribution in [0.5, 0.6) is 0 Å². The standard InChI is InChI=1S/C15H27N7O2/c1-20-9-12(8-13(20)11-23)17-15(24)14-10-22(19-18-14)7-6-21-4-2-16-3-5-21/h10,12-13,16,23H,2-9,11H2,1H3,(H,17,24)/t12-,13+/m1/s1. The number of aliphatic hydroxyl groups is 1. The van der Waals surface area contributed by atoms with Crippen molar-refractivity contribution in [2.24, 2.45) is 0 Å². The number of likely N-dealkylation sites (N-methyl/N-ethyl adjacent to an activating group) is 1. The van der Waals surface area contributed by atoms with E-state index in [1.165, 1.54) is 0 Å². The molecule has 9 heteroatoms. The maximum Gasteiger partial charge on any atom is 0.273 e. The van der Waals surface area contributed by atoms with Crippen LogP contribution in [0.2, 0.25) is 0 Å². The fraction of sp³-hybridized carbons (Fsp3) is 0.800. The van der Waals surface area contributed by atoms with Gasteiger partial charge in [0.25, 0.3) is 5.91 Å². The third kappa shape index (κ3) is 4.29. The largest absolute Gasteiger partial charge is 0.395 e. The van der Waals surface area contributed by atoms with Crippen LogP contribution in [0.1, 0.15) is 16.9 Å². The van der Waals surface area contributed by atoms with Crippen molar-refractivity contribution >= 4 is 5.91 Å². The van der Waals surface area contributed by atoms with E-state index in [1.807, 2.05) is 7.05 Å². The second-order valence-corrected chi connectivity index (χ2v) is 6.64. The SMILES string of the molecule is CN1C[C@H](NC(=O)c2cn(CCN3CCNCC3)nn2)C[C@H]1CO. The lowest BCUT2D eigenvalue weighted by molar-refractivity contribution is 0.0933. The molecule has 24 heavy (non-hydrogen) atoms. The summed E-state index contributed by atoms with van der Waals surface area (Å²) in [5.41, 5.74) is 0.352. The molecule has 2 fully saturated rings. The van der Waals surface area contributed by atoms with E-state index in [0.29, 0.717) is 5.69 Å². The Kier molecular flexibility index (Phi) is 5.77. The van der Waals surface area contributed by atoms with Crippen molar-refractivity contribution in [3.8, 4) is 0 Å². The molecule has 0 radical (unpaired) electrons. The summed E-state index contributed by atoms with van der Waals surface area (Å²) in [6.45, 7) is 6.65. The number of hydrogen-bond donors (Lipinski definition) is 3. The van der Waals surface area contributed by atoms with E-state index in [1.54, 1.807) is 10.9 Å². The van der Waals surface area contributed by atoms with Crippen LogP contribution < -0.4 is 10.6 Å². The number of likely N-dealkylation sites (tertiary alicyclic amines) is 1. The molecule has 0 saturated carbocycles. The summed E-state index contributed by atoms with van der Waals surface area (Å²) in [6.07, 6.45) is 2.47. The van der Waals surface area contributed by atoms with Crippen molar-refractivity contribution in [3.63, 3.8) is 0 Å². The third-order valence-corrected chi connectivity index (χ3v) is 4.86. The molecule has 1 amide bonds. The van der Waals surface area contributed by atoms with Crippen molar-refractivity contribution < 1.29 is 9.90 Å². The fourth-order valence-electron chi connectivity index (χ4n) is 3.35. The molecule has 2 atom stereocenters. The minimum atomic E-state index is -0.194. The number of amides is 1. The normalized spacial score (nSPS) is 25.9. The van der Waals surface area contributed by atoms with E-state index in [-0.39, 0.29) is 24.6 Å². The van der Waals surface area contributed by atoms with Crippen molar-refractivity contribution in [1.29, 1.82) is 0 Å². The molecule has 0 spiro atoms. The zero-order valence-electron chi connectivity index (χ0n) is 14.2. The Morgan fingerprint density at radius 2 is 2.21 bits per heavy atom. The van der Waals surface area contributed by atoms with Gasteiger partial charge in [-0.1, -0.05) is 5.21 Å². The number of nitrogens with one attached hydrogen (secondary N) is 2. The van der Waals surface area contributed by atoms with Crippen LogP contribution in [0.3, 0.4) is 0 Å².